The predicted molar refractivity (Wildman–Crippen MR) is 392 cm³/mol. The van der Waals surface area contributed by atoms with Crippen molar-refractivity contribution in [3.63, 3.8) is 0 Å². The third-order valence-corrected chi connectivity index (χ3v) is 19.2. The molecule has 0 aromatic heterocycles. The van der Waals surface area contributed by atoms with Gasteiger partial charge in [0.2, 0.25) is 5.91 Å². The Hall–Kier alpha value is -2.57. The van der Waals surface area contributed by atoms with Crippen LogP contribution in [-0.2, 0) is 23.7 Å². The highest BCUT2D eigenvalue weighted by Gasteiger charge is 2.51. The van der Waals surface area contributed by atoms with Crippen molar-refractivity contribution in [3.8, 4) is 0 Å². The van der Waals surface area contributed by atoms with Gasteiger partial charge >= 0.3 is 0 Å². The summed E-state index contributed by atoms with van der Waals surface area (Å²) in [7, 11) is 0. The van der Waals surface area contributed by atoms with Crippen molar-refractivity contribution in [1.82, 2.24) is 5.32 Å². The lowest BCUT2D eigenvalue weighted by molar-refractivity contribution is -0.359. The highest BCUT2D eigenvalue weighted by Crippen LogP contribution is 2.30. The number of ether oxygens (including phenoxy) is 4. The number of aliphatic hydroxyl groups is 8. The highest BCUT2D eigenvalue weighted by atomic mass is 16.7. The number of aliphatic hydroxyl groups excluding tert-OH is 8. The fraction of sp³-hybridized carbons (Fsp3) is 0.840. The Morgan fingerprint density at radius 1 is 0.389 bits per heavy atom. The number of allylic oxidation sites excluding steroid dienone is 12. The lowest BCUT2D eigenvalue weighted by Gasteiger charge is -2.46. The van der Waals surface area contributed by atoms with Crippen molar-refractivity contribution in [3.05, 3.63) is 72.9 Å². The molecule has 0 spiro atoms. The topological polar surface area (TPSA) is 228 Å². The number of rotatable bonds is 66. The first-order valence-corrected chi connectivity index (χ1v) is 39.7. The van der Waals surface area contributed by atoms with Crippen molar-refractivity contribution < 1.29 is 64.6 Å². The highest BCUT2D eigenvalue weighted by molar-refractivity contribution is 5.76. The van der Waals surface area contributed by atoms with E-state index < -0.39 is 86.8 Å². The standard InChI is InChI=1S/C81H147NO13/c1-3-5-7-9-11-13-15-17-19-21-23-25-27-29-31-32-33-34-35-36-37-38-39-41-43-45-47-49-51-53-55-57-59-61-63-65-73(86)82-69(68-92-80-78(91)76(89)79(72(67-84)94-80)95-81-77(90)75(88)74(87)71(66-83)93-81)70(85)64-62-60-58-56-54-52-50-48-46-44-42-40-30-28-26-24-22-20-18-16-14-12-10-8-6-4-2/h5,7,11,13,17,19,23,25,29,31,33-34,69-72,74-81,83-85,87-91H,3-4,6,8-10,12,14-16,18,20-22,24,26-28,30,32,35-68H2,1-2H3,(H,82,86)/b7-5-,13-11-,19-17-,25-23-,31-29-,34-33-. The van der Waals surface area contributed by atoms with E-state index in [1.165, 1.54) is 225 Å². The van der Waals surface area contributed by atoms with Crippen molar-refractivity contribution in [2.24, 2.45) is 0 Å². The average molecular weight is 1340 g/mol. The van der Waals surface area contributed by atoms with Crippen LogP contribution in [0, 0.1) is 0 Å². The van der Waals surface area contributed by atoms with Crippen LogP contribution < -0.4 is 5.32 Å². The maximum absolute atomic E-state index is 13.4. The normalized spacial score (nSPS) is 22.7. The van der Waals surface area contributed by atoms with Crippen molar-refractivity contribution in [2.45, 2.75) is 415 Å². The Balaban J connectivity index is 1.61. The minimum absolute atomic E-state index is 0.203. The Morgan fingerprint density at radius 2 is 0.726 bits per heavy atom. The number of hydrogen-bond acceptors (Lipinski definition) is 13. The maximum atomic E-state index is 13.4. The SMILES string of the molecule is CC/C=C\C/C=C\C/C=C\C/C=C\C/C=C\C/C=C\CCCCCCCCCCCCCCCCCCC(=O)NC(COC1OC(CO)C(OC2OC(CO)C(O)C(O)C2O)C(O)C1O)C(O)CCCCCCCCCCCCCCCCCCCCCCCCCCCC. The monoisotopic (exact) mass is 1340 g/mol. The quantitative estimate of drug-likeness (QED) is 0.0204. The summed E-state index contributed by atoms with van der Waals surface area (Å²) in [6.45, 7) is 2.80. The summed E-state index contributed by atoms with van der Waals surface area (Å²) in [4.78, 5) is 13.4. The summed E-state index contributed by atoms with van der Waals surface area (Å²) in [5.41, 5.74) is 0. The molecule has 2 fully saturated rings. The van der Waals surface area contributed by atoms with Gasteiger partial charge in [-0.25, -0.2) is 0 Å². The molecule has 0 aromatic carbocycles. The van der Waals surface area contributed by atoms with E-state index in [0.29, 0.717) is 12.8 Å². The molecule has 554 valence electrons. The van der Waals surface area contributed by atoms with E-state index >= 15 is 0 Å². The molecular formula is C81H147NO13. The molecule has 14 heteroatoms. The summed E-state index contributed by atoms with van der Waals surface area (Å²) in [6.07, 6.45) is 72.2. The lowest BCUT2D eigenvalue weighted by atomic mass is 9.97. The summed E-state index contributed by atoms with van der Waals surface area (Å²) in [5, 5.41) is 87.9. The Bertz CT molecular complexity index is 1870. The predicted octanol–water partition coefficient (Wildman–Crippen LogP) is 17.7. The molecular weight excluding hydrogens is 1190 g/mol. The molecule has 14 nitrogen and oxygen atoms in total. The zero-order chi connectivity index (χ0) is 68.7. The van der Waals surface area contributed by atoms with E-state index in [0.717, 1.165) is 89.9 Å². The fourth-order valence-corrected chi connectivity index (χ4v) is 13.0. The first kappa shape index (κ1) is 88.5. The number of carbonyl (C=O) groups excluding carboxylic acids is 1. The first-order chi connectivity index (χ1) is 46.6. The Labute approximate surface area is 580 Å². The smallest absolute Gasteiger partial charge is 0.220 e. The van der Waals surface area contributed by atoms with Crippen molar-refractivity contribution in [2.75, 3.05) is 19.8 Å². The van der Waals surface area contributed by atoms with Gasteiger partial charge in [0.15, 0.2) is 12.6 Å². The van der Waals surface area contributed by atoms with E-state index in [2.05, 4.69) is 92.1 Å². The molecule has 0 saturated carbocycles. The van der Waals surface area contributed by atoms with Gasteiger partial charge < -0.3 is 65.1 Å². The summed E-state index contributed by atoms with van der Waals surface area (Å²) < 4.78 is 23.0. The van der Waals surface area contributed by atoms with Crippen LogP contribution in [0.2, 0.25) is 0 Å². The van der Waals surface area contributed by atoms with Crippen LogP contribution in [0.1, 0.15) is 341 Å². The fourth-order valence-electron chi connectivity index (χ4n) is 13.0. The lowest BCUT2D eigenvalue weighted by Crippen LogP contribution is -2.65. The summed E-state index contributed by atoms with van der Waals surface area (Å²) in [5.74, 6) is -0.203. The maximum Gasteiger partial charge on any atom is 0.220 e. The van der Waals surface area contributed by atoms with Gasteiger partial charge in [0, 0.05) is 6.42 Å². The number of amides is 1. The van der Waals surface area contributed by atoms with Gasteiger partial charge in [-0.2, -0.15) is 0 Å². The zero-order valence-corrected chi connectivity index (χ0v) is 60.7. The van der Waals surface area contributed by atoms with Crippen molar-refractivity contribution in [1.29, 1.82) is 0 Å². The molecule has 2 heterocycles. The van der Waals surface area contributed by atoms with Gasteiger partial charge in [-0.15, -0.1) is 0 Å². The van der Waals surface area contributed by atoms with Crippen molar-refractivity contribution >= 4 is 5.91 Å². The molecule has 2 rings (SSSR count). The molecule has 95 heavy (non-hydrogen) atoms. The molecule has 0 aliphatic carbocycles. The van der Waals surface area contributed by atoms with Crippen LogP contribution in [0.4, 0.5) is 0 Å². The van der Waals surface area contributed by atoms with Gasteiger partial charge in [0.1, 0.15) is 48.8 Å². The first-order valence-electron chi connectivity index (χ1n) is 39.7. The number of unbranched alkanes of at least 4 members (excludes halogenated alkanes) is 41. The molecule has 0 bridgehead atoms. The van der Waals surface area contributed by atoms with Gasteiger partial charge in [0.25, 0.3) is 0 Å². The third-order valence-electron chi connectivity index (χ3n) is 19.2. The number of nitrogens with one attached hydrogen (secondary N) is 1. The molecule has 2 aliphatic heterocycles. The number of carbonyl (C=O) groups is 1. The summed E-state index contributed by atoms with van der Waals surface area (Å²) >= 11 is 0. The Kier molecular flexibility index (Phi) is 60.4. The van der Waals surface area contributed by atoms with E-state index in [4.69, 9.17) is 18.9 Å². The van der Waals surface area contributed by atoms with Crippen LogP contribution in [-0.4, -0.2) is 140 Å². The second kappa shape index (κ2) is 64.8. The van der Waals surface area contributed by atoms with Crippen LogP contribution in [0.5, 0.6) is 0 Å². The van der Waals surface area contributed by atoms with Gasteiger partial charge in [-0.3, -0.25) is 4.79 Å². The Morgan fingerprint density at radius 3 is 1.12 bits per heavy atom. The molecule has 9 N–H and O–H groups in total. The minimum atomic E-state index is -1.78. The largest absolute Gasteiger partial charge is 0.394 e. The van der Waals surface area contributed by atoms with Gasteiger partial charge in [-0.1, -0.05) is 344 Å². The van der Waals surface area contributed by atoms with Crippen LogP contribution in [0.15, 0.2) is 72.9 Å². The molecule has 12 unspecified atom stereocenters. The van der Waals surface area contributed by atoms with E-state index in [9.17, 15) is 45.6 Å². The molecule has 2 aliphatic rings. The van der Waals surface area contributed by atoms with E-state index in [1.807, 2.05) is 0 Å². The van der Waals surface area contributed by atoms with Crippen LogP contribution >= 0.6 is 0 Å². The molecule has 0 radical (unpaired) electrons. The zero-order valence-electron chi connectivity index (χ0n) is 60.7. The van der Waals surface area contributed by atoms with Crippen LogP contribution in [0.25, 0.3) is 0 Å². The molecule has 1 amide bonds. The molecule has 2 saturated heterocycles. The molecule has 0 aromatic rings. The van der Waals surface area contributed by atoms with Crippen LogP contribution in [0.3, 0.4) is 0 Å². The third kappa shape index (κ3) is 48.0. The van der Waals surface area contributed by atoms with Gasteiger partial charge in [-0.05, 0) is 64.2 Å². The van der Waals surface area contributed by atoms with Gasteiger partial charge in [0.05, 0.1) is 32.0 Å². The van der Waals surface area contributed by atoms with E-state index in [-0.39, 0.29) is 12.5 Å². The second-order valence-corrected chi connectivity index (χ2v) is 27.8. The minimum Gasteiger partial charge on any atom is -0.394 e. The molecule has 12 atom stereocenters. The van der Waals surface area contributed by atoms with E-state index in [1.54, 1.807) is 0 Å². The average Bonchev–Trinajstić information content (AvgIpc) is 0.800. The number of hydrogen-bond donors (Lipinski definition) is 9. The summed E-state index contributed by atoms with van der Waals surface area (Å²) in [6, 6.07) is -0.833. The second-order valence-electron chi connectivity index (χ2n) is 27.8.